The Hall–Kier alpha value is -2.02. The molecule has 2 aromatic carbocycles. The van der Waals surface area contributed by atoms with E-state index in [0.29, 0.717) is 38.3 Å². The van der Waals surface area contributed by atoms with E-state index in [4.69, 9.17) is 23.2 Å². The van der Waals surface area contributed by atoms with E-state index < -0.39 is 0 Å². The minimum absolute atomic E-state index is 0.0738. The number of rotatable bonds is 6. The largest absolute Gasteiger partial charge is 0.323 e. The van der Waals surface area contributed by atoms with Crippen molar-refractivity contribution >= 4 is 57.5 Å². The number of anilines is 1. The number of benzene rings is 2. The lowest BCUT2D eigenvalue weighted by Crippen LogP contribution is -2.26. The molecule has 3 rings (SSSR count). The molecule has 3 aromatic rings. The number of carbonyl (C=O) groups is 1. The van der Waals surface area contributed by atoms with E-state index in [-0.39, 0.29) is 23.1 Å². The Morgan fingerprint density at radius 1 is 1.14 bits per heavy atom. The Bertz CT molecular complexity index is 1060. The van der Waals surface area contributed by atoms with Crippen LogP contribution in [0, 0.1) is 5.92 Å². The molecule has 1 heterocycles. The number of halogens is 2. The topological polar surface area (TPSA) is 64.0 Å². The molecule has 0 radical (unpaired) electrons. The lowest BCUT2D eigenvalue weighted by Gasteiger charge is -2.15. The van der Waals surface area contributed by atoms with Crippen molar-refractivity contribution in [2.75, 3.05) is 11.1 Å². The molecule has 0 aliphatic rings. The Balaban J connectivity index is 1.85. The first-order valence-electron chi connectivity index (χ1n) is 8.73. The Kier molecular flexibility index (Phi) is 6.65. The molecule has 0 aliphatic carbocycles. The van der Waals surface area contributed by atoms with Crippen LogP contribution in [0.4, 0.5) is 5.69 Å². The summed E-state index contributed by atoms with van der Waals surface area (Å²) >= 11 is 13.4. The van der Waals surface area contributed by atoms with Crippen molar-refractivity contribution in [2.24, 2.45) is 5.92 Å². The second-order valence-electron chi connectivity index (χ2n) is 6.65. The zero-order chi connectivity index (χ0) is 20.3. The average Bonchev–Trinajstić information content (AvgIpc) is 2.65. The highest BCUT2D eigenvalue weighted by Crippen LogP contribution is 2.30. The number of hydrogen-bond donors (Lipinski definition) is 1. The van der Waals surface area contributed by atoms with Crippen LogP contribution in [0.5, 0.6) is 0 Å². The van der Waals surface area contributed by atoms with Crippen LogP contribution in [-0.2, 0) is 11.3 Å². The molecule has 0 bridgehead atoms. The number of thioether (sulfide) groups is 1. The summed E-state index contributed by atoms with van der Waals surface area (Å²) in [7, 11) is 0. The minimum Gasteiger partial charge on any atom is -0.323 e. The predicted octanol–water partition coefficient (Wildman–Crippen LogP) is 5.09. The van der Waals surface area contributed by atoms with Crippen molar-refractivity contribution in [1.29, 1.82) is 0 Å². The van der Waals surface area contributed by atoms with Gasteiger partial charge in [0, 0.05) is 6.54 Å². The highest BCUT2D eigenvalue weighted by molar-refractivity contribution is 7.99. The molecule has 8 heteroatoms. The third-order valence-electron chi connectivity index (χ3n) is 3.93. The summed E-state index contributed by atoms with van der Waals surface area (Å²) in [5.74, 6) is 0.0546. The van der Waals surface area contributed by atoms with Gasteiger partial charge in [-0.3, -0.25) is 14.2 Å². The highest BCUT2D eigenvalue weighted by atomic mass is 35.5. The van der Waals surface area contributed by atoms with Crippen LogP contribution in [0.3, 0.4) is 0 Å². The van der Waals surface area contributed by atoms with Gasteiger partial charge < -0.3 is 5.32 Å². The standard InChI is InChI=1S/C20H19Cl2N3O2S/c1-12(2)10-25-19(27)13-6-3-4-9-16(13)23-20(25)28-11-17(26)24-18-14(21)7-5-8-15(18)22/h3-9,12H,10-11H2,1-2H3,(H,24,26). The number of fused-ring (bicyclic) bond motifs is 1. The summed E-state index contributed by atoms with van der Waals surface area (Å²) in [4.78, 5) is 29.9. The van der Waals surface area contributed by atoms with E-state index in [1.807, 2.05) is 26.0 Å². The fraction of sp³-hybridized carbons (Fsp3) is 0.250. The van der Waals surface area contributed by atoms with Crippen LogP contribution < -0.4 is 10.9 Å². The Labute approximate surface area is 177 Å². The molecule has 0 atom stereocenters. The quantitative estimate of drug-likeness (QED) is 0.432. The van der Waals surface area contributed by atoms with E-state index >= 15 is 0 Å². The third-order valence-corrected chi connectivity index (χ3v) is 5.54. The van der Waals surface area contributed by atoms with Crippen LogP contribution in [0.25, 0.3) is 10.9 Å². The second kappa shape index (κ2) is 8.99. The number of carbonyl (C=O) groups excluding carboxylic acids is 1. The summed E-state index contributed by atoms with van der Waals surface area (Å²) in [5.41, 5.74) is 0.892. The highest BCUT2D eigenvalue weighted by Gasteiger charge is 2.15. The van der Waals surface area contributed by atoms with Gasteiger partial charge in [-0.05, 0) is 30.2 Å². The molecule has 1 aromatic heterocycles. The van der Waals surface area contributed by atoms with Gasteiger partial charge in [-0.1, -0.05) is 67.0 Å². The lowest BCUT2D eigenvalue weighted by molar-refractivity contribution is -0.113. The van der Waals surface area contributed by atoms with Gasteiger partial charge in [0.2, 0.25) is 5.91 Å². The van der Waals surface area contributed by atoms with Gasteiger partial charge in [-0.2, -0.15) is 0 Å². The monoisotopic (exact) mass is 435 g/mol. The first-order valence-corrected chi connectivity index (χ1v) is 10.5. The number of amides is 1. The van der Waals surface area contributed by atoms with Gasteiger partial charge in [0.1, 0.15) is 0 Å². The van der Waals surface area contributed by atoms with E-state index in [1.165, 1.54) is 11.8 Å². The SMILES string of the molecule is CC(C)Cn1c(SCC(=O)Nc2c(Cl)cccc2Cl)nc2ccccc2c1=O. The van der Waals surface area contributed by atoms with E-state index in [2.05, 4.69) is 10.3 Å². The van der Waals surface area contributed by atoms with Gasteiger partial charge in [0.25, 0.3) is 5.56 Å². The third kappa shape index (κ3) is 4.69. The van der Waals surface area contributed by atoms with Crippen molar-refractivity contribution in [2.45, 2.75) is 25.5 Å². The average molecular weight is 436 g/mol. The van der Waals surface area contributed by atoms with Crippen LogP contribution >= 0.6 is 35.0 Å². The fourth-order valence-electron chi connectivity index (χ4n) is 2.71. The second-order valence-corrected chi connectivity index (χ2v) is 8.41. The minimum atomic E-state index is -0.279. The maximum Gasteiger partial charge on any atom is 0.262 e. The summed E-state index contributed by atoms with van der Waals surface area (Å²) in [6, 6.07) is 12.2. The first-order chi connectivity index (χ1) is 13.4. The molecular formula is C20H19Cl2N3O2S. The summed E-state index contributed by atoms with van der Waals surface area (Å²) in [6.45, 7) is 4.58. The number of nitrogens with zero attached hydrogens (tertiary/aromatic N) is 2. The Morgan fingerprint density at radius 2 is 1.82 bits per heavy atom. The maximum absolute atomic E-state index is 12.9. The molecule has 0 aliphatic heterocycles. The van der Waals surface area contributed by atoms with Crippen molar-refractivity contribution in [3.05, 3.63) is 62.9 Å². The molecule has 0 fully saturated rings. The van der Waals surface area contributed by atoms with Gasteiger partial charge in [0.05, 0.1) is 32.4 Å². The molecule has 0 spiro atoms. The summed E-state index contributed by atoms with van der Waals surface area (Å²) < 4.78 is 1.63. The van der Waals surface area contributed by atoms with Crippen LogP contribution in [-0.4, -0.2) is 21.2 Å². The zero-order valence-electron chi connectivity index (χ0n) is 15.4. The normalized spacial score (nSPS) is 11.2. The fourth-order valence-corrected chi connectivity index (χ4v) is 4.01. The van der Waals surface area contributed by atoms with Crippen molar-refractivity contribution in [3.63, 3.8) is 0 Å². The molecule has 28 heavy (non-hydrogen) atoms. The van der Waals surface area contributed by atoms with Gasteiger partial charge in [0.15, 0.2) is 5.16 Å². The Morgan fingerprint density at radius 3 is 2.50 bits per heavy atom. The zero-order valence-corrected chi connectivity index (χ0v) is 17.7. The molecule has 0 saturated carbocycles. The van der Waals surface area contributed by atoms with Crippen molar-refractivity contribution in [3.8, 4) is 0 Å². The predicted molar refractivity (Wildman–Crippen MR) is 117 cm³/mol. The van der Waals surface area contributed by atoms with Gasteiger partial charge in [-0.25, -0.2) is 4.98 Å². The molecule has 146 valence electrons. The van der Waals surface area contributed by atoms with Gasteiger partial charge >= 0.3 is 0 Å². The molecule has 1 amide bonds. The van der Waals surface area contributed by atoms with E-state index in [0.717, 1.165) is 0 Å². The van der Waals surface area contributed by atoms with Crippen LogP contribution in [0.1, 0.15) is 13.8 Å². The number of para-hydroxylation sites is 2. The van der Waals surface area contributed by atoms with Crippen molar-refractivity contribution in [1.82, 2.24) is 9.55 Å². The van der Waals surface area contributed by atoms with Crippen LogP contribution in [0.2, 0.25) is 10.0 Å². The molecule has 5 nitrogen and oxygen atoms in total. The molecule has 1 N–H and O–H groups in total. The lowest BCUT2D eigenvalue weighted by atomic mass is 10.2. The maximum atomic E-state index is 12.9. The smallest absolute Gasteiger partial charge is 0.262 e. The molecule has 0 saturated heterocycles. The summed E-state index contributed by atoms with van der Waals surface area (Å²) in [5, 5.41) is 4.54. The molecule has 0 unspecified atom stereocenters. The van der Waals surface area contributed by atoms with E-state index in [1.54, 1.807) is 34.9 Å². The van der Waals surface area contributed by atoms with Gasteiger partial charge in [-0.15, -0.1) is 0 Å². The van der Waals surface area contributed by atoms with Crippen molar-refractivity contribution < 1.29 is 4.79 Å². The number of nitrogens with one attached hydrogen (secondary N) is 1. The van der Waals surface area contributed by atoms with Crippen LogP contribution in [0.15, 0.2) is 52.4 Å². The molecular weight excluding hydrogens is 417 g/mol. The van der Waals surface area contributed by atoms with E-state index in [9.17, 15) is 9.59 Å². The first kappa shape index (κ1) is 20.7. The summed E-state index contributed by atoms with van der Waals surface area (Å²) in [6.07, 6.45) is 0. The number of aromatic nitrogens is 2. The number of hydrogen-bond acceptors (Lipinski definition) is 4.